The third kappa shape index (κ3) is 4.91. The van der Waals surface area contributed by atoms with E-state index < -0.39 is 18.2 Å². The molecule has 0 amide bonds. The lowest BCUT2D eigenvalue weighted by molar-refractivity contribution is -0.136. The molecule has 19 heavy (non-hydrogen) atoms. The van der Waals surface area contributed by atoms with Crippen LogP contribution in [0.2, 0.25) is 0 Å². The number of carbonyl (C=O) groups is 2. The predicted molar refractivity (Wildman–Crippen MR) is 71.8 cm³/mol. The molecule has 0 aliphatic carbocycles. The minimum Gasteiger partial charge on any atom is -0.481 e. The van der Waals surface area contributed by atoms with Crippen molar-refractivity contribution >= 4 is 34.7 Å². The molecule has 5 nitrogen and oxygen atoms in total. The average molecular weight is 307 g/mol. The Morgan fingerprint density at radius 1 is 1.26 bits per heavy atom. The molecule has 3 N–H and O–H groups in total. The summed E-state index contributed by atoms with van der Waals surface area (Å²) in [6.45, 7) is 0. The van der Waals surface area contributed by atoms with Gasteiger partial charge in [-0.1, -0.05) is 0 Å². The van der Waals surface area contributed by atoms with Crippen LogP contribution >= 0.6 is 22.9 Å². The van der Waals surface area contributed by atoms with Crippen molar-refractivity contribution in [3.8, 4) is 0 Å². The maximum atomic E-state index is 11.7. The van der Waals surface area contributed by atoms with Crippen LogP contribution in [0.1, 0.15) is 39.9 Å². The van der Waals surface area contributed by atoms with E-state index in [2.05, 4.69) is 0 Å². The zero-order chi connectivity index (χ0) is 14.4. The number of aliphatic carboxylic acids is 1. The number of aliphatic hydroxyl groups is 2. The van der Waals surface area contributed by atoms with Gasteiger partial charge in [-0.3, -0.25) is 9.59 Å². The van der Waals surface area contributed by atoms with E-state index >= 15 is 0 Å². The number of ketones is 1. The van der Waals surface area contributed by atoms with E-state index in [1.165, 1.54) is 6.07 Å². The first kappa shape index (κ1) is 16.1. The van der Waals surface area contributed by atoms with Gasteiger partial charge in [0.05, 0.1) is 17.4 Å². The van der Waals surface area contributed by atoms with Crippen molar-refractivity contribution in [2.75, 3.05) is 5.88 Å². The molecule has 0 saturated carbocycles. The number of rotatable bonds is 8. The highest BCUT2D eigenvalue weighted by atomic mass is 35.5. The molecule has 2 atom stereocenters. The van der Waals surface area contributed by atoms with Crippen molar-refractivity contribution in [1.82, 2.24) is 0 Å². The minimum absolute atomic E-state index is 0.0738. The van der Waals surface area contributed by atoms with E-state index in [1.807, 2.05) is 0 Å². The summed E-state index contributed by atoms with van der Waals surface area (Å²) in [6, 6.07) is 3.08. The third-order valence-corrected chi connectivity index (χ3v) is 3.94. The van der Waals surface area contributed by atoms with E-state index in [0.717, 1.165) is 11.3 Å². The van der Waals surface area contributed by atoms with Gasteiger partial charge in [0.2, 0.25) is 0 Å². The maximum Gasteiger partial charge on any atom is 0.303 e. The number of carbonyl (C=O) groups excluding carboxylic acids is 1. The summed E-state index contributed by atoms with van der Waals surface area (Å²) in [5.41, 5.74) is 0. The number of Topliss-reactive ketones (excluding diaryl/α,β-unsaturated/α-hetero) is 1. The summed E-state index contributed by atoms with van der Waals surface area (Å²) in [6.07, 6.45) is -2.09. The fraction of sp³-hybridized carbons (Fsp3) is 0.500. The van der Waals surface area contributed by atoms with E-state index in [-0.39, 0.29) is 30.9 Å². The molecule has 1 heterocycles. The second-order valence-corrected chi connectivity index (χ2v) is 5.50. The van der Waals surface area contributed by atoms with Crippen molar-refractivity contribution in [1.29, 1.82) is 0 Å². The highest BCUT2D eigenvalue weighted by Gasteiger charge is 2.21. The van der Waals surface area contributed by atoms with E-state index in [0.29, 0.717) is 9.75 Å². The van der Waals surface area contributed by atoms with Gasteiger partial charge in [-0.2, -0.15) is 0 Å². The van der Waals surface area contributed by atoms with Crippen molar-refractivity contribution in [3.63, 3.8) is 0 Å². The summed E-state index contributed by atoms with van der Waals surface area (Å²) in [7, 11) is 0. The molecule has 106 valence electrons. The number of hydrogen-bond acceptors (Lipinski definition) is 5. The first-order chi connectivity index (χ1) is 8.95. The molecule has 0 radical (unpaired) electrons. The topological polar surface area (TPSA) is 94.8 Å². The van der Waals surface area contributed by atoms with E-state index in [1.54, 1.807) is 6.07 Å². The van der Waals surface area contributed by atoms with Gasteiger partial charge in [-0.15, -0.1) is 22.9 Å². The zero-order valence-electron chi connectivity index (χ0n) is 10.1. The van der Waals surface area contributed by atoms with Crippen molar-refractivity contribution in [2.24, 2.45) is 0 Å². The van der Waals surface area contributed by atoms with Crippen LogP contribution in [0.5, 0.6) is 0 Å². The van der Waals surface area contributed by atoms with Gasteiger partial charge >= 0.3 is 5.97 Å². The molecule has 0 spiro atoms. The smallest absolute Gasteiger partial charge is 0.303 e. The SMILES string of the molecule is O=C(O)CCC(=O)c1ccc(C(O)C(O)CCCl)s1. The van der Waals surface area contributed by atoms with Crippen molar-refractivity contribution in [3.05, 3.63) is 21.9 Å². The molecule has 0 aliphatic rings. The summed E-state index contributed by atoms with van der Waals surface area (Å²) >= 11 is 6.54. The number of alkyl halides is 1. The average Bonchev–Trinajstić information content (AvgIpc) is 2.84. The second kappa shape index (κ2) is 7.59. The zero-order valence-corrected chi connectivity index (χ0v) is 11.7. The molecule has 2 unspecified atom stereocenters. The largest absolute Gasteiger partial charge is 0.481 e. The fourth-order valence-electron chi connectivity index (χ4n) is 1.46. The first-order valence-corrected chi connectivity index (χ1v) is 7.07. The van der Waals surface area contributed by atoms with Crippen LogP contribution in [-0.4, -0.2) is 39.1 Å². The molecule has 1 rings (SSSR count). The Balaban J connectivity index is 2.65. The van der Waals surface area contributed by atoms with E-state index in [9.17, 15) is 19.8 Å². The van der Waals surface area contributed by atoms with Gasteiger partial charge in [-0.25, -0.2) is 0 Å². The Morgan fingerprint density at radius 2 is 1.95 bits per heavy atom. The quantitative estimate of drug-likeness (QED) is 0.503. The predicted octanol–water partition coefficient (Wildman–Crippen LogP) is 1.82. The Bertz CT molecular complexity index is 445. The maximum absolute atomic E-state index is 11.7. The van der Waals surface area contributed by atoms with Crippen LogP contribution in [0, 0.1) is 0 Å². The number of hydrogen-bond donors (Lipinski definition) is 3. The highest BCUT2D eigenvalue weighted by molar-refractivity contribution is 7.14. The molecule has 0 aromatic carbocycles. The van der Waals surface area contributed by atoms with Gasteiger partial charge in [0.1, 0.15) is 6.10 Å². The molecule has 1 aromatic heterocycles. The Labute approximate surface area is 119 Å². The van der Waals surface area contributed by atoms with Crippen molar-refractivity contribution in [2.45, 2.75) is 31.5 Å². The Kier molecular flexibility index (Phi) is 6.44. The monoisotopic (exact) mass is 306 g/mol. The standard InChI is InChI=1S/C12H15ClO5S/c13-6-5-8(15)12(18)10-3-2-9(19-10)7(14)1-4-11(16)17/h2-3,8,12,15,18H,1,4-6H2,(H,16,17). The molecule has 1 aromatic rings. The van der Waals surface area contributed by atoms with Gasteiger partial charge < -0.3 is 15.3 Å². The van der Waals surface area contributed by atoms with Crippen LogP contribution in [0.3, 0.4) is 0 Å². The van der Waals surface area contributed by atoms with E-state index in [4.69, 9.17) is 16.7 Å². The lowest BCUT2D eigenvalue weighted by Crippen LogP contribution is -2.17. The van der Waals surface area contributed by atoms with Gasteiger partial charge in [0.25, 0.3) is 0 Å². The summed E-state index contributed by atoms with van der Waals surface area (Å²) in [5, 5.41) is 27.9. The molecular weight excluding hydrogens is 292 g/mol. The van der Waals surface area contributed by atoms with Gasteiger partial charge in [0, 0.05) is 17.2 Å². The van der Waals surface area contributed by atoms with Gasteiger partial charge in [-0.05, 0) is 18.6 Å². The highest BCUT2D eigenvalue weighted by Crippen LogP contribution is 2.27. The normalized spacial score (nSPS) is 14.1. The molecular formula is C12H15ClO5S. The van der Waals surface area contributed by atoms with Crippen LogP contribution < -0.4 is 0 Å². The summed E-state index contributed by atoms with van der Waals surface area (Å²) in [4.78, 5) is 22.9. The van der Waals surface area contributed by atoms with Crippen LogP contribution in [0.15, 0.2) is 12.1 Å². The Morgan fingerprint density at radius 3 is 2.53 bits per heavy atom. The fourth-order valence-corrected chi connectivity index (χ4v) is 2.71. The lowest BCUT2D eigenvalue weighted by Gasteiger charge is -2.14. The minimum atomic E-state index is -1.08. The third-order valence-electron chi connectivity index (χ3n) is 2.53. The molecule has 0 saturated heterocycles. The van der Waals surface area contributed by atoms with Crippen LogP contribution in [0.25, 0.3) is 0 Å². The molecule has 0 bridgehead atoms. The second-order valence-electron chi connectivity index (χ2n) is 4.01. The number of carboxylic acid groups (broad SMARTS) is 1. The van der Waals surface area contributed by atoms with Crippen molar-refractivity contribution < 1.29 is 24.9 Å². The summed E-state index contributed by atoms with van der Waals surface area (Å²) in [5.74, 6) is -1.08. The number of halogens is 1. The van der Waals surface area contributed by atoms with Crippen LogP contribution in [-0.2, 0) is 4.79 Å². The molecule has 0 fully saturated rings. The van der Waals surface area contributed by atoms with Crippen LogP contribution in [0.4, 0.5) is 0 Å². The lowest BCUT2D eigenvalue weighted by atomic mass is 10.1. The molecule has 7 heteroatoms. The number of carboxylic acids is 1. The molecule has 0 aliphatic heterocycles. The number of thiophene rings is 1. The number of aliphatic hydroxyl groups excluding tert-OH is 2. The summed E-state index contributed by atoms with van der Waals surface area (Å²) < 4.78 is 0. The Hall–Kier alpha value is -0.950. The van der Waals surface area contributed by atoms with Gasteiger partial charge in [0.15, 0.2) is 5.78 Å². The first-order valence-electron chi connectivity index (χ1n) is 5.72.